The van der Waals surface area contributed by atoms with E-state index in [0.29, 0.717) is 17.8 Å². The van der Waals surface area contributed by atoms with Crippen molar-refractivity contribution in [3.8, 4) is 0 Å². The maximum absolute atomic E-state index is 5.74. The molecule has 1 aliphatic rings. The lowest BCUT2D eigenvalue weighted by Gasteiger charge is -2.12. The Morgan fingerprint density at radius 1 is 1.47 bits per heavy atom. The summed E-state index contributed by atoms with van der Waals surface area (Å²) in [7, 11) is 0. The van der Waals surface area contributed by atoms with Crippen molar-refractivity contribution in [1.82, 2.24) is 10.1 Å². The van der Waals surface area contributed by atoms with Gasteiger partial charge in [0.15, 0.2) is 5.82 Å². The zero-order chi connectivity index (χ0) is 10.8. The van der Waals surface area contributed by atoms with Crippen LogP contribution >= 0.6 is 0 Å². The van der Waals surface area contributed by atoms with Gasteiger partial charge in [0.2, 0.25) is 5.89 Å². The molecule has 2 unspecified atom stereocenters. The Morgan fingerprint density at radius 2 is 2.27 bits per heavy atom. The highest BCUT2D eigenvalue weighted by Crippen LogP contribution is 2.38. The molecule has 1 aromatic rings. The summed E-state index contributed by atoms with van der Waals surface area (Å²) in [6.07, 6.45) is 3.56. The van der Waals surface area contributed by atoms with E-state index in [1.165, 1.54) is 12.8 Å². The van der Waals surface area contributed by atoms with Gasteiger partial charge in [-0.3, -0.25) is 0 Å². The van der Waals surface area contributed by atoms with Gasteiger partial charge >= 0.3 is 0 Å². The normalized spacial score (nSPS) is 26.4. The molecule has 0 bridgehead atoms. The van der Waals surface area contributed by atoms with Crippen LogP contribution in [0.15, 0.2) is 4.52 Å². The van der Waals surface area contributed by atoms with Crippen LogP contribution in [0.2, 0.25) is 0 Å². The molecule has 1 heterocycles. The van der Waals surface area contributed by atoms with Crippen LogP contribution in [0.1, 0.15) is 56.7 Å². The summed E-state index contributed by atoms with van der Waals surface area (Å²) < 4.78 is 5.33. The summed E-state index contributed by atoms with van der Waals surface area (Å²) in [6, 6.07) is 0. The van der Waals surface area contributed by atoms with Crippen molar-refractivity contribution in [2.45, 2.75) is 44.9 Å². The van der Waals surface area contributed by atoms with Crippen LogP contribution in [0.5, 0.6) is 0 Å². The molecule has 0 aliphatic heterocycles. The van der Waals surface area contributed by atoms with Gasteiger partial charge in [-0.15, -0.1) is 0 Å². The SMILES string of the molecule is CC(C)c1noc(C2CCCC2CN)n1. The van der Waals surface area contributed by atoms with E-state index >= 15 is 0 Å². The van der Waals surface area contributed by atoms with Crippen molar-refractivity contribution in [3.05, 3.63) is 11.7 Å². The molecule has 2 rings (SSSR count). The van der Waals surface area contributed by atoms with Crippen LogP contribution < -0.4 is 5.73 Å². The van der Waals surface area contributed by atoms with Gasteiger partial charge in [0, 0.05) is 11.8 Å². The van der Waals surface area contributed by atoms with E-state index in [2.05, 4.69) is 24.0 Å². The maximum Gasteiger partial charge on any atom is 0.230 e. The average molecular weight is 209 g/mol. The summed E-state index contributed by atoms with van der Waals surface area (Å²) in [5.41, 5.74) is 5.74. The van der Waals surface area contributed by atoms with Crippen LogP contribution in [-0.4, -0.2) is 16.7 Å². The molecule has 84 valence electrons. The van der Waals surface area contributed by atoms with Crippen LogP contribution in [-0.2, 0) is 0 Å². The Hall–Kier alpha value is -0.900. The van der Waals surface area contributed by atoms with Gasteiger partial charge in [-0.05, 0) is 25.3 Å². The fourth-order valence-electron chi connectivity index (χ4n) is 2.28. The number of aromatic nitrogens is 2. The average Bonchev–Trinajstić information content (AvgIpc) is 2.85. The molecule has 2 N–H and O–H groups in total. The minimum Gasteiger partial charge on any atom is -0.339 e. The molecular formula is C11H19N3O. The lowest BCUT2D eigenvalue weighted by Crippen LogP contribution is -2.17. The molecule has 0 radical (unpaired) electrons. The first-order valence-electron chi connectivity index (χ1n) is 5.76. The molecule has 2 atom stereocenters. The summed E-state index contributed by atoms with van der Waals surface area (Å²) in [6.45, 7) is 4.87. The van der Waals surface area contributed by atoms with Crippen LogP contribution in [0.25, 0.3) is 0 Å². The first-order chi connectivity index (χ1) is 7.22. The molecule has 1 fully saturated rings. The maximum atomic E-state index is 5.74. The second-order valence-electron chi connectivity index (χ2n) is 4.68. The third-order valence-corrected chi connectivity index (χ3v) is 3.25. The molecule has 4 nitrogen and oxygen atoms in total. The Labute approximate surface area is 90.2 Å². The molecule has 0 spiro atoms. The lowest BCUT2D eigenvalue weighted by molar-refractivity contribution is 0.322. The van der Waals surface area contributed by atoms with Crippen LogP contribution in [0.3, 0.4) is 0 Å². The minimum absolute atomic E-state index is 0.334. The van der Waals surface area contributed by atoms with Gasteiger partial charge in [-0.2, -0.15) is 4.98 Å². The van der Waals surface area contributed by atoms with Crippen molar-refractivity contribution >= 4 is 0 Å². The molecule has 0 amide bonds. The standard InChI is InChI=1S/C11H19N3O/c1-7(2)10-13-11(15-14-10)9-5-3-4-8(9)6-12/h7-9H,3-6,12H2,1-2H3. The fraction of sp³-hybridized carbons (Fsp3) is 0.818. The number of nitrogens with zero attached hydrogens (tertiary/aromatic N) is 2. The highest BCUT2D eigenvalue weighted by molar-refractivity contribution is 5.01. The van der Waals surface area contributed by atoms with Gasteiger partial charge < -0.3 is 10.3 Å². The minimum atomic E-state index is 0.334. The molecule has 0 aromatic carbocycles. The second-order valence-corrected chi connectivity index (χ2v) is 4.68. The van der Waals surface area contributed by atoms with Crippen molar-refractivity contribution < 1.29 is 4.52 Å². The second kappa shape index (κ2) is 4.31. The zero-order valence-electron chi connectivity index (χ0n) is 9.44. The van der Waals surface area contributed by atoms with Gasteiger partial charge in [0.25, 0.3) is 0 Å². The van der Waals surface area contributed by atoms with E-state index < -0.39 is 0 Å². The first kappa shape index (κ1) is 10.6. The molecule has 0 saturated heterocycles. The van der Waals surface area contributed by atoms with Gasteiger partial charge in [0.05, 0.1) is 0 Å². The quantitative estimate of drug-likeness (QED) is 0.827. The molecule has 1 aromatic heterocycles. The van der Waals surface area contributed by atoms with E-state index in [-0.39, 0.29) is 0 Å². The highest BCUT2D eigenvalue weighted by atomic mass is 16.5. The summed E-state index contributed by atoms with van der Waals surface area (Å²) >= 11 is 0. The van der Waals surface area contributed by atoms with Gasteiger partial charge in [-0.1, -0.05) is 25.4 Å². The van der Waals surface area contributed by atoms with E-state index in [1.807, 2.05) is 0 Å². The fourth-order valence-corrected chi connectivity index (χ4v) is 2.28. The van der Waals surface area contributed by atoms with Gasteiger partial charge in [-0.25, -0.2) is 0 Å². The van der Waals surface area contributed by atoms with Crippen molar-refractivity contribution in [2.75, 3.05) is 6.54 Å². The Bertz CT molecular complexity index is 321. The first-order valence-corrected chi connectivity index (χ1v) is 5.76. The van der Waals surface area contributed by atoms with E-state index in [0.717, 1.165) is 24.7 Å². The van der Waals surface area contributed by atoms with Crippen LogP contribution in [0.4, 0.5) is 0 Å². The smallest absolute Gasteiger partial charge is 0.230 e. The topological polar surface area (TPSA) is 64.9 Å². The van der Waals surface area contributed by atoms with Crippen molar-refractivity contribution in [1.29, 1.82) is 0 Å². The molecular weight excluding hydrogens is 190 g/mol. The highest BCUT2D eigenvalue weighted by Gasteiger charge is 2.31. The largest absolute Gasteiger partial charge is 0.339 e. The summed E-state index contributed by atoms with van der Waals surface area (Å²) in [5, 5.41) is 4.00. The number of hydrogen-bond acceptors (Lipinski definition) is 4. The molecule has 1 saturated carbocycles. The monoisotopic (exact) mass is 209 g/mol. The summed E-state index contributed by atoms with van der Waals surface area (Å²) in [5.74, 6) is 2.88. The summed E-state index contributed by atoms with van der Waals surface area (Å²) in [4.78, 5) is 4.46. The predicted octanol–water partition coefficient (Wildman–Crippen LogP) is 2.04. The number of rotatable bonds is 3. The van der Waals surface area contributed by atoms with Gasteiger partial charge in [0.1, 0.15) is 0 Å². The Morgan fingerprint density at radius 3 is 2.87 bits per heavy atom. The number of hydrogen-bond donors (Lipinski definition) is 1. The lowest BCUT2D eigenvalue weighted by atomic mass is 9.96. The Balaban J connectivity index is 2.14. The molecule has 1 aliphatic carbocycles. The molecule has 15 heavy (non-hydrogen) atoms. The third-order valence-electron chi connectivity index (χ3n) is 3.25. The zero-order valence-corrected chi connectivity index (χ0v) is 9.44. The predicted molar refractivity (Wildman–Crippen MR) is 57.5 cm³/mol. The van der Waals surface area contributed by atoms with E-state index in [1.54, 1.807) is 0 Å². The van der Waals surface area contributed by atoms with Crippen LogP contribution in [0, 0.1) is 5.92 Å². The van der Waals surface area contributed by atoms with E-state index in [9.17, 15) is 0 Å². The van der Waals surface area contributed by atoms with Crippen molar-refractivity contribution in [3.63, 3.8) is 0 Å². The Kier molecular flexibility index (Phi) is 3.05. The third kappa shape index (κ3) is 2.04. The van der Waals surface area contributed by atoms with E-state index in [4.69, 9.17) is 10.3 Å². The number of nitrogens with two attached hydrogens (primary N) is 1. The molecule has 4 heteroatoms. The van der Waals surface area contributed by atoms with Crippen molar-refractivity contribution in [2.24, 2.45) is 11.7 Å².